The Morgan fingerprint density at radius 3 is 2.92 bits per heavy atom. The van der Waals surface area contributed by atoms with Gasteiger partial charge in [-0.2, -0.15) is 0 Å². The smallest absolute Gasteiger partial charge is 0.225 e. The van der Waals surface area contributed by atoms with Crippen LogP contribution in [-0.2, 0) is 11.2 Å². The second kappa shape index (κ2) is 7.59. The number of aryl methyl sites for hydroxylation is 2. The van der Waals surface area contributed by atoms with Crippen molar-refractivity contribution < 1.29 is 4.79 Å². The Balaban J connectivity index is 1.69. The Bertz CT molecular complexity index is 721. The van der Waals surface area contributed by atoms with Crippen LogP contribution in [0, 0.1) is 12.3 Å². The molecule has 6 heteroatoms. The number of carbonyl (C=O) groups is 1. The summed E-state index contributed by atoms with van der Waals surface area (Å²) in [5, 5.41) is 0. The van der Waals surface area contributed by atoms with Crippen LogP contribution in [0.5, 0.6) is 0 Å². The predicted molar refractivity (Wildman–Crippen MR) is 97.0 cm³/mol. The quantitative estimate of drug-likeness (QED) is 0.872. The van der Waals surface area contributed by atoms with Crippen LogP contribution in [-0.4, -0.2) is 33.9 Å². The molecular formula is C19H25N5O. The lowest BCUT2D eigenvalue weighted by Gasteiger charge is -2.41. The molecule has 0 saturated carbocycles. The fourth-order valence-corrected chi connectivity index (χ4v) is 3.62. The molecule has 0 spiro atoms. The molecule has 3 heterocycles. The summed E-state index contributed by atoms with van der Waals surface area (Å²) in [5.41, 5.74) is 7.33. The van der Waals surface area contributed by atoms with Crippen molar-refractivity contribution in [3.05, 3.63) is 48.2 Å². The first-order valence-electron chi connectivity index (χ1n) is 8.82. The zero-order valence-electron chi connectivity index (χ0n) is 14.7. The van der Waals surface area contributed by atoms with Gasteiger partial charge in [-0.25, -0.2) is 9.97 Å². The molecule has 1 fully saturated rings. The van der Waals surface area contributed by atoms with Gasteiger partial charge in [0.15, 0.2) is 0 Å². The number of nitrogens with zero attached hydrogens (tertiary/aromatic N) is 4. The highest BCUT2D eigenvalue weighted by Crippen LogP contribution is 2.36. The van der Waals surface area contributed by atoms with Gasteiger partial charge < -0.3 is 10.6 Å². The van der Waals surface area contributed by atoms with E-state index >= 15 is 0 Å². The van der Waals surface area contributed by atoms with E-state index in [1.165, 1.54) is 0 Å². The summed E-state index contributed by atoms with van der Waals surface area (Å²) in [6.07, 6.45) is 7.70. The van der Waals surface area contributed by atoms with Crippen LogP contribution in [0.25, 0.3) is 0 Å². The van der Waals surface area contributed by atoms with Crippen LogP contribution < -0.4 is 10.6 Å². The van der Waals surface area contributed by atoms with Gasteiger partial charge in [-0.05, 0) is 51.2 Å². The van der Waals surface area contributed by atoms with Crippen molar-refractivity contribution in [3.63, 3.8) is 0 Å². The third-order valence-electron chi connectivity index (χ3n) is 5.03. The summed E-state index contributed by atoms with van der Waals surface area (Å²) in [6, 6.07) is 7.89. The van der Waals surface area contributed by atoms with E-state index in [-0.39, 0.29) is 5.91 Å². The summed E-state index contributed by atoms with van der Waals surface area (Å²) in [6.45, 7) is 3.47. The topological polar surface area (TPSA) is 85.0 Å². The maximum Gasteiger partial charge on any atom is 0.225 e. The standard InChI is InChI=1S/C19H25N5O/c1-15-12-17(23-14-22-15)24-11-5-9-19(13-24,18(20)25)8-4-7-16-6-2-3-10-21-16/h2-3,6,10,12,14H,4-5,7-9,11,13H2,1H3,(H2,20,25)/t19-/m1/s1. The molecule has 6 nitrogen and oxygen atoms in total. The molecule has 3 rings (SSSR count). The van der Waals surface area contributed by atoms with E-state index in [9.17, 15) is 4.79 Å². The van der Waals surface area contributed by atoms with E-state index in [1.807, 2.05) is 31.2 Å². The molecule has 1 saturated heterocycles. The largest absolute Gasteiger partial charge is 0.369 e. The summed E-state index contributed by atoms with van der Waals surface area (Å²) in [4.78, 5) is 27.4. The minimum Gasteiger partial charge on any atom is -0.369 e. The summed E-state index contributed by atoms with van der Waals surface area (Å²) in [7, 11) is 0. The average Bonchev–Trinajstić information content (AvgIpc) is 2.63. The number of primary amides is 1. The van der Waals surface area contributed by atoms with Crippen LogP contribution in [0.2, 0.25) is 0 Å². The number of hydrogen-bond donors (Lipinski definition) is 1. The van der Waals surface area contributed by atoms with Crippen LogP contribution >= 0.6 is 0 Å². The van der Waals surface area contributed by atoms with E-state index in [0.717, 1.165) is 55.9 Å². The van der Waals surface area contributed by atoms with Gasteiger partial charge in [-0.1, -0.05) is 6.07 Å². The van der Waals surface area contributed by atoms with Crippen LogP contribution in [0.4, 0.5) is 5.82 Å². The molecule has 132 valence electrons. The van der Waals surface area contributed by atoms with Crippen molar-refractivity contribution in [3.8, 4) is 0 Å². The zero-order chi connectivity index (χ0) is 17.7. The number of anilines is 1. The number of carbonyl (C=O) groups excluding carboxylic acids is 1. The second-order valence-electron chi connectivity index (χ2n) is 6.86. The number of rotatable bonds is 6. The number of nitrogens with two attached hydrogens (primary N) is 1. The van der Waals surface area contributed by atoms with Crippen molar-refractivity contribution in [2.24, 2.45) is 11.1 Å². The first-order chi connectivity index (χ1) is 12.1. The molecular weight excluding hydrogens is 314 g/mol. The Morgan fingerprint density at radius 1 is 1.32 bits per heavy atom. The van der Waals surface area contributed by atoms with Gasteiger partial charge in [-0.3, -0.25) is 9.78 Å². The van der Waals surface area contributed by atoms with Gasteiger partial charge in [0.25, 0.3) is 0 Å². The molecule has 0 radical (unpaired) electrons. The van der Waals surface area contributed by atoms with Crippen LogP contribution in [0.15, 0.2) is 36.8 Å². The van der Waals surface area contributed by atoms with Gasteiger partial charge in [0.05, 0.1) is 5.41 Å². The highest BCUT2D eigenvalue weighted by molar-refractivity contribution is 5.81. The monoisotopic (exact) mass is 339 g/mol. The molecule has 0 bridgehead atoms. The number of hydrogen-bond acceptors (Lipinski definition) is 5. The maximum absolute atomic E-state index is 12.3. The minimum absolute atomic E-state index is 0.205. The molecule has 2 N–H and O–H groups in total. The third-order valence-corrected chi connectivity index (χ3v) is 5.03. The van der Waals surface area contributed by atoms with Crippen molar-refractivity contribution in [1.82, 2.24) is 15.0 Å². The molecule has 1 amide bonds. The minimum atomic E-state index is -0.494. The normalized spacial score (nSPS) is 20.4. The Morgan fingerprint density at radius 2 is 2.20 bits per heavy atom. The van der Waals surface area contributed by atoms with E-state index < -0.39 is 5.41 Å². The first-order valence-corrected chi connectivity index (χ1v) is 8.82. The van der Waals surface area contributed by atoms with E-state index in [2.05, 4.69) is 19.9 Å². The van der Waals surface area contributed by atoms with Gasteiger partial charge in [-0.15, -0.1) is 0 Å². The molecule has 0 unspecified atom stereocenters. The van der Waals surface area contributed by atoms with E-state index in [1.54, 1.807) is 12.5 Å². The van der Waals surface area contributed by atoms with Crippen molar-refractivity contribution in [2.75, 3.05) is 18.0 Å². The average molecular weight is 339 g/mol. The lowest BCUT2D eigenvalue weighted by Crippen LogP contribution is -2.51. The van der Waals surface area contributed by atoms with Crippen molar-refractivity contribution in [2.45, 2.75) is 39.0 Å². The fraction of sp³-hybridized carbons (Fsp3) is 0.474. The summed E-state index contributed by atoms with van der Waals surface area (Å²) in [5.74, 6) is 0.673. The zero-order valence-corrected chi connectivity index (χ0v) is 14.7. The SMILES string of the molecule is Cc1cc(N2CCC[C@@](CCCc3ccccn3)(C(N)=O)C2)ncn1. The highest BCUT2D eigenvalue weighted by Gasteiger charge is 2.40. The van der Waals surface area contributed by atoms with Gasteiger partial charge in [0.2, 0.25) is 5.91 Å². The van der Waals surface area contributed by atoms with Gasteiger partial charge in [0, 0.05) is 36.7 Å². The lowest BCUT2D eigenvalue weighted by molar-refractivity contribution is -0.128. The van der Waals surface area contributed by atoms with Crippen LogP contribution in [0.3, 0.4) is 0 Å². The summed E-state index contributed by atoms with van der Waals surface area (Å²) < 4.78 is 0. The highest BCUT2D eigenvalue weighted by atomic mass is 16.1. The molecule has 1 aliphatic rings. The van der Waals surface area contributed by atoms with Crippen molar-refractivity contribution >= 4 is 11.7 Å². The molecule has 0 aliphatic carbocycles. The molecule has 25 heavy (non-hydrogen) atoms. The Labute approximate surface area is 148 Å². The van der Waals surface area contributed by atoms with Crippen molar-refractivity contribution in [1.29, 1.82) is 0 Å². The number of aromatic nitrogens is 3. The summed E-state index contributed by atoms with van der Waals surface area (Å²) >= 11 is 0. The number of amides is 1. The molecule has 1 atom stereocenters. The van der Waals surface area contributed by atoms with Gasteiger partial charge in [0.1, 0.15) is 12.1 Å². The molecule has 2 aromatic heterocycles. The van der Waals surface area contributed by atoms with E-state index in [0.29, 0.717) is 6.54 Å². The lowest BCUT2D eigenvalue weighted by atomic mass is 9.75. The molecule has 0 aromatic carbocycles. The van der Waals surface area contributed by atoms with Crippen LogP contribution in [0.1, 0.15) is 37.1 Å². The Hall–Kier alpha value is -2.50. The Kier molecular flexibility index (Phi) is 5.26. The molecule has 2 aromatic rings. The van der Waals surface area contributed by atoms with Gasteiger partial charge >= 0.3 is 0 Å². The first kappa shape index (κ1) is 17.3. The maximum atomic E-state index is 12.3. The number of piperidine rings is 1. The predicted octanol–water partition coefficient (Wildman–Crippen LogP) is 2.27. The van der Waals surface area contributed by atoms with E-state index in [4.69, 9.17) is 5.73 Å². The molecule has 1 aliphatic heterocycles. The number of pyridine rings is 1. The third kappa shape index (κ3) is 4.13. The fourth-order valence-electron chi connectivity index (χ4n) is 3.62. The second-order valence-corrected chi connectivity index (χ2v) is 6.86.